The molecule has 0 aromatic heterocycles. The standard InChI is InChI=1S/C9H19NO/c1-8(10)9(7-11)5-3-2-4-6-9/h8,11H,2-7,10H2,1H3/t8-/m0/s1. The maximum atomic E-state index is 9.23. The van der Waals surface area contributed by atoms with Crippen LogP contribution >= 0.6 is 0 Å². The molecule has 3 N–H and O–H groups in total. The second-order valence-electron chi connectivity index (χ2n) is 3.87. The molecular formula is C9H19NO. The molecule has 2 heteroatoms. The summed E-state index contributed by atoms with van der Waals surface area (Å²) in [6, 6.07) is 0.146. The fourth-order valence-corrected chi connectivity index (χ4v) is 2.01. The van der Waals surface area contributed by atoms with E-state index in [2.05, 4.69) is 0 Å². The molecule has 0 aliphatic heterocycles. The van der Waals surface area contributed by atoms with Crippen LogP contribution in [0.15, 0.2) is 0 Å². The molecule has 1 saturated carbocycles. The van der Waals surface area contributed by atoms with Crippen molar-refractivity contribution >= 4 is 0 Å². The summed E-state index contributed by atoms with van der Waals surface area (Å²) < 4.78 is 0. The van der Waals surface area contributed by atoms with Crippen molar-refractivity contribution in [3.05, 3.63) is 0 Å². The molecule has 0 radical (unpaired) electrons. The molecule has 2 nitrogen and oxygen atoms in total. The summed E-state index contributed by atoms with van der Waals surface area (Å²) in [4.78, 5) is 0. The third kappa shape index (κ3) is 1.74. The second kappa shape index (κ2) is 3.55. The minimum Gasteiger partial charge on any atom is -0.396 e. The third-order valence-electron chi connectivity index (χ3n) is 3.13. The Kier molecular flexibility index (Phi) is 2.90. The smallest absolute Gasteiger partial charge is 0.0502 e. The Morgan fingerprint density at radius 1 is 1.36 bits per heavy atom. The van der Waals surface area contributed by atoms with Gasteiger partial charge in [-0.25, -0.2) is 0 Å². The van der Waals surface area contributed by atoms with Gasteiger partial charge in [-0.05, 0) is 19.8 Å². The van der Waals surface area contributed by atoms with E-state index in [0.717, 1.165) is 12.8 Å². The van der Waals surface area contributed by atoms with Crippen LogP contribution in [0.1, 0.15) is 39.0 Å². The van der Waals surface area contributed by atoms with E-state index in [1.807, 2.05) is 6.92 Å². The molecule has 0 spiro atoms. The molecule has 0 amide bonds. The van der Waals surface area contributed by atoms with Crippen LogP contribution in [-0.4, -0.2) is 17.8 Å². The monoisotopic (exact) mass is 157 g/mol. The lowest BCUT2D eigenvalue weighted by Crippen LogP contribution is -2.43. The summed E-state index contributed by atoms with van der Waals surface area (Å²) in [5.41, 5.74) is 5.91. The third-order valence-corrected chi connectivity index (χ3v) is 3.13. The average molecular weight is 157 g/mol. The summed E-state index contributed by atoms with van der Waals surface area (Å²) in [7, 11) is 0. The first kappa shape index (κ1) is 9.01. The van der Waals surface area contributed by atoms with E-state index in [1.54, 1.807) is 0 Å². The van der Waals surface area contributed by atoms with Crippen molar-refractivity contribution < 1.29 is 5.11 Å². The van der Waals surface area contributed by atoms with Gasteiger partial charge in [0.2, 0.25) is 0 Å². The summed E-state index contributed by atoms with van der Waals surface area (Å²) in [5, 5.41) is 9.23. The summed E-state index contributed by atoms with van der Waals surface area (Å²) in [6.07, 6.45) is 6.01. The summed E-state index contributed by atoms with van der Waals surface area (Å²) >= 11 is 0. The Balaban J connectivity index is 2.57. The highest BCUT2D eigenvalue weighted by atomic mass is 16.3. The van der Waals surface area contributed by atoms with Gasteiger partial charge in [-0.1, -0.05) is 19.3 Å². The maximum absolute atomic E-state index is 9.23. The van der Waals surface area contributed by atoms with Gasteiger partial charge in [0.05, 0.1) is 6.61 Å². The van der Waals surface area contributed by atoms with Gasteiger partial charge in [0, 0.05) is 11.5 Å². The molecule has 1 rings (SSSR count). The predicted octanol–water partition coefficient (Wildman–Crippen LogP) is 1.28. The number of aliphatic hydroxyl groups excluding tert-OH is 1. The van der Waals surface area contributed by atoms with Gasteiger partial charge in [0.15, 0.2) is 0 Å². The number of nitrogens with two attached hydrogens (primary N) is 1. The van der Waals surface area contributed by atoms with E-state index in [9.17, 15) is 5.11 Å². The first-order chi connectivity index (χ1) is 5.21. The van der Waals surface area contributed by atoms with Crippen LogP contribution in [0.5, 0.6) is 0 Å². The Labute approximate surface area is 68.8 Å². The molecule has 1 fully saturated rings. The fraction of sp³-hybridized carbons (Fsp3) is 1.00. The minimum absolute atomic E-state index is 0.0538. The van der Waals surface area contributed by atoms with Gasteiger partial charge in [0.1, 0.15) is 0 Å². The van der Waals surface area contributed by atoms with E-state index in [4.69, 9.17) is 5.73 Å². The molecule has 0 heterocycles. The number of hydrogen-bond acceptors (Lipinski definition) is 2. The normalized spacial score (nSPS) is 26.5. The zero-order valence-corrected chi connectivity index (χ0v) is 7.34. The highest BCUT2D eigenvalue weighted by Gasteiger charge is 2.34. The molecule has 11 heavy (non-hydrogen) atoms. The molecule has 0 unspecified atom stereocenters. The lowest BCUT2D eigenvalue weighted by Gasteiger charge is -2.38. The van der Waals surface area contributed by atoms with Crippen LogP contribution < -0.4 is 5.73 Å². The van der Waals surface area contributed by atoms with E-state index >= 15 is 0 Å². The Morgan fingerprint density at radius 3 is 2.18 bits per heavy atom. The Bertz CT molecular complexity index is 117. The van der Waals surface area contributed by atoms with Gasteiger partial charge in [-0.2, -0.15) is 0 Å². The van der Waals surface area contributed by atoms with Crippen molar-refractivity contribution in [1.29, 1.82) is 0 Å². The molecule has 1 aliphatic carbocycles. The lowest BCUT2D eigenvalue weighted by molar-refractivity contribution is 0.0618. The van der Waals surface area contributed by atoms with Crippen LogP contribution in [0.2, 0.25) is 0 Å². The molecule has 0 aromatic rings. The highest BCUT2D eigenvalue weighted by molar-refractivity contribution is 4.88. The first-order valence-electron chi connectivity index (χ1n) is 4.58. The van der Waals surface area contributed by atoms with E-state index in [0.29, 0.717) is 0 Å². The fourth-order valence-electron chi connectivity index (χ4n) is 2.01. The Hall–Kier alpha value is -0.0800. The van der Waals surface area contributed by atoms with Crippen LogP contribution in [0.4, 0.5) is 0 Å². The summed E-state index contributed by atoms with van der Waals surface area (Å²) in [5.74, 6) is 0. The number of hydrogen-bond donors (Lipinski definition) is 2. The highest BCUT2D eigenvalue weighted by Crippen LogP contribution is 2.37. The SMILES string of the molecule is C[C@H](N)C1(CO)CCCCC1. The lowest BCUT2D eigenvalue weighted by atomic mass is 9.70. The topological polar surface area (TPSA) is 46.2 Å². The van der Waals surface area contributed by atoms with Crippen molar-refractivity contribution in [3.8, 4) is 0 Å². The van der Waals surface area contributed by atoms with Gasteiger partial charge in [-0.3, -0.25) is 0 Å². The van der Waals surface area contributed by atoms with Gasteiger partial charge in [-0.15, -0.1) is 0 Å². The Morgan fingerprint density at radius 2 is 1.91 bits per heavy atom. The van der Waals surface area contributed by atoms with Crippen LogP contribution in [0.3, 0.4) is 0 Å². The van der Waals surface area contributed by atoms with Crippen molar-refractivity contribution in [3.63, 3.8) is 0 Å². The predicted molar refractivity (Wildman–Crippen MR) is 46.3 cm³/mol. The molecule has 0 bridgehead atoms. The van der Waals surface area contributed by atoms with Crippen LogP contribution in [0.25, 0.3) is 0 Å². The molecular weight excluding hydrogens is 138 g/mol. The molecule has 66 valence electrons. The van der Waals surface area contributed by atoms with E-state index < -0.39 is 0 Å². The van der Waals surface area contributed by atoms with Gasteiger partial charge < -0.3 is 10.8 Å². The quantitative estimate of drug-likeness (QED) is 0.634. The van der Waals surface area contributed by atoms with Gasteiger partial charge >= 0.3 is 0 Å². The van der Waals surface area contributed by atoms with Crippen molar-refractivity contribution in [2.45, 2.75) is 45.1 Å². The molecule has 1 aliphatic rings. The molecule has 0 saturated heterocycles. The average Bonchev–Trinajstić information content (AvgIpc) is 2.05. The first-order valence-corrected chi connectivity index (χ1v) is 4.58. The summed E-state index contributed by atoms with van der Waals surface area (Å²) in [6.45, 7) is 2.28. The van der Waals surface area contributed by atoms with E-state index in [1.165, 1.54) is 19.3 Å². The number of rotatable bonds is 2. The van der Waals surface area contributed by atoms with Crippen LogP contribution in [-0.2, 0) is 0 Å². The largest absolute Gasteiger partial charge is 0.396 e. The second-order valence-corrected chi connectivity index (χ2v) is 3.87. The number of aliphatic hydroxyl groups is 1. The zero-order chi connectivity index (χ0) is 8.32. The van der Waals surface area contributed by atoms with Crippen molar-refractivity contribution in [2.24, 2.45) is 11.1 Å². The van der Waals surface area contributed by atoms with Crippen LogP contribution in [0, 0.1) is 5.41 Å². The minimum atomic E-state index is 0.0538. The van der Waals surface area contributed by atoms with Gasteiger partial charge in [0.25, 0.3) is 0 Å². The van der Waals surface area contributed by atoms with E-state index in [-0.39, 0.29) is 18.1 Å². The van der Waals surface area contributed by atoms with Crippen molar-refractivity contribution in [2.75, 3.05) is 6.61 Å². The zero-order valence-electron chi connectivity index (χ0n) is 7.34. The molecule has 1 atom stereocenters. The molecule has 0 aromatic carbocycles. The maximum Gasteiger partial charge on any atom is 0.0502 e. The van der Waals surface area contributed by atoms with Crippen molar-refractivity contribution in [1.82, 2.24) is 0 Å².